The maximum absolute atomic E-state index is 12.3. The second-order valence-corrected chi connectivity index (χ2v) is 4.65. The third-order valence-electron chi connectivity index (χ3n) is 2.96. The van der Waals surface area contributed by atoms with Crippen molar-refractivity contribution in [3.05, 3.63) is 28.8 Å². The van der Waals surface area contributed by atoms with Gasteiger partial charge in [0.2, 0.25) is 0 Å². The van der Waals surface area contributed by atoms with Crippen molar-refractivity contribution < 1.29 is 18.3 Å². The van der Waals surface area contributed by atoms with Gasteiger partial charge in [-0.25, -0.2) is 0 Å². The molecule has 0 aliphatic heterocycles. The molecule has 4 nitrogen and oxygen atoms in total. The maximum atomic E-state index is 12.3. The van der Waals surface area contributed by atoms with Gasteiger partial charge in [-0.15, -0.1) is 12.4 Å². The van der Waals surface area contributed by atoms with E-state index in [4.69, 9.17) is 0 Å². The Morgan fingerprint density at radius 2 is 1.86 bits per heavy atom. The monoisotopic (exact) mass is 322 g/mol. The van der Waals surface area contributed by atoms with Crippen LogP contribution in [0.3, 0.4) is 0 Å². The fourth-order valence-corrected chi connectivity index (χ4v) is 1.95. The van der Waals surface area contributed by atoms with Crippen LogP contribution in [-0.4, -0.2) is 44.6 Å². The first-order chi connectivity index (χ1) is 9.36. The lowest BCUT2D eigenvalue weighted by Crippen LogP contribution is -2.32. The number of carbonyl (C=O) groups is 1. The van der Waals surface area contributed by atoms with E-state index in [2.05, 4.69) is 10.1 Å². The van der Waals surface area contributed by atoms with Crippen molar-refractivity contribution in [2.75, 3.05) is 27.2 Å². The molecule has 0 bridgehead atoms. The predicted molar refractivity (Wildman–Crippen MR) is 80.7 cm³/mol. The van der Waals surface area contributed by atoms with Crippen molar-refractivity contribution >= 4 is 18.3 Å². The highest BCUT2D eigenvalue weighted by Crippen LogP contribution is 2.26. The molecule has 21 heavy (non-hydrogen) atoms. The quantitative estimate of drug-likeness (QED) is 0.875. The number of aryl methyl sites for hydroxylation is 2. The van der Waals surface area contributed by atoms with E-state index in [1.165, 1.54) is 0 Å². The van der Waals surface area contributed by atoms with Gasteiger partial charge in [-0.3, -0.25) is 4.79 Å². The molecule has 1 amide bonds. The number of carbonyl (C=O) groups excluding carboxylic acids is 1. The summed E-state index contributed by atoms with van der Waals surface area (Å²) in [5.74, 6) is -0.00975. The molecule has 120 valence electrons. The number of hydrogen-bond acceptors (Lipinski definition) is 3. The van der Waals surface area contributed by atoms with E-state index < -0.39 is 6.61 Å². The molecular formula is C14H21ClF2N2O2. The largest absolute Gasteiger partial charge is 0.434 e. The Kier molecular flexibility index (Phi) is 8.21. The summed E-state index contributed by atoms with van der Waals surface area (Å²) in [6, 6.07) is 3.14. The van der Waals surface area contributed by atoms with Gasteiger partial charge in [-0.2, -0.15) is 8.78 Å². The molecule has 0 aliphatic carbocycles. The molecule has 1 rings (SSSR count). The molecule has 0 aromatic heterocycles. The molecular weight excluding hydrogens is 302 g/mol. The summed E-state index contributed by atoms with van der Waals surface area (Å²) in [7, 11) is 3.51. The van der Waals surface area contributed by atoms with Crippen LogP contribution in [0.5, 0.6) is 5.75 Å². The van der Waals surface area contributed by atoms with Crippen LogP contribution in [-0.2, 0) is 0 Å². The van der Waals surface area contributed by atoms with Gasteiger partial charge >= 0.3 is 6.61 Å². The zero-order valence-electron chi connectivity index (χ0n) is 12.6. The molecule has 1 N–H and O–H groups in total. The lowest BCUT2D eigenvalue weighted by Gasteiger charge is -2.19. The van der Waals surface area contributed by atoms with Crippen LogP contribution in [0.25, 0.3) is 0 Å². The number of benzene rings is 1. The third-order valence-corrected chi connectivity index (χ3v) is 2.96. The van der Waals surface area contributed by atoms with Crippen molar-refractivity contribution in [3.63, 3.8) is 0 Å². The van der Waals surface area contributed by atoms with Gasteiger partial charge in [0.15, 0.2) is 0 Å². The zero-order valence-corrected chi connectivity index (χ0v) is 13.4. The molecule has 0 atom stereocenters. The van der Waals surface area contributed by atoms with E-state index in [0.29, 0.717) is 29.8 Å². The Morgan fingerprint density at radius 3 is 2.29 bits per heavy atom. The summed E-state index contributed by atoms with van der Waals surface area (Å²) in [5.41, 5.74) is 1.52. The van der Waals surface area contributed by atoms with Crippen molar-refractivity contribution in [2.24, 2.45) is 0 Å². The number of hydrogen-bond donors (Lipinski definition) is 1. The van der Waals surface area contributed by atoms with Crippen molar-refractivity contribution in [1.82, 2.24) is 10.2 Å². The van der Waals surface area contributed by atoms with Gasteiger partial charge < -0.3 is 15.0 Å². The fraction of sp³-hybridized carbons (Fsp3) is 0.500. The molecule has 0 saturated heterocycles. The number of alkyl halides is 2. The first-order valence-electron chi connectivity index (χ1n) is 6.33. The molecule has 7 heteroatoms. The topological polar surface area (TPSA) is 41.6 Å². The number of amides is 1. The van der Waals surface area contributed by atoms with Crippen LogP contribution in [0.4, 0.5) is 8.78 Å². The highest BCUT2D eigenvalue weighted by Gasteiger charge is 2.16. The number of nitrogens with zero attached hydrogens (tertiary/aromatic N) is 1. The van der Waals surface area contributed by atoms with E-state index >= 15 is 0 Å². The molecule has 1 aromatic rings. The average Bonchev–Trinajstić information content (AvgIpc) is 2.38. The SMILES string of the molecule is CNCCN(C)C(=O)c1cc(C)c(OC(F)F)c(C)c1.Cl. The van der Waals surface area contributed by atoms with Crippen molar-refractivity contribution in [1.29, 1.82) is 0 Å². The second-order valence-electron chi connectivity index (χ2n) is 4.65. The molecule has 0 saturated carbocycles. The van der Waals surface area contributed by atoms with Gasteiger partial charge in [0.05, 0.1) is 0 Å². The van der Waals surface area contributed by atoms with E-state index in [9.17, 15) is 13.6 Å². The summed E-state index contributed by atoms with van der Waals surface area (Å²) in [4.78, 5) is 13.8. The fourth-order valence-electron chi connectivity index (χ4n) is 1.95. The normalized spacial score (nSPS) is 10.2. The minimum absolute atomic E-state index is 0. The molecule has 0 fully saturated rings. The highest BCUT2D eigenvalue weighted by molar-refractivity contribution is 5.94. The maximum Gasteiger partial charge on any atom is 0.387 e. The van der Waals surface area contributed by atoms with Gasteiger partial charge in [0.1, 0.15) is 5.75 Å². The number of ether oxygens (including phenoxy) is 1. The standard InChI is InChI=1S/C14H20F2N2O2.ClH/c1-9-7-11(13(19)18(4)6-5-17-3)8-10(2)12(9)20-14(15)16;/h7-8,14,17H,5-6H2,1-4H3;1H. The Morgan fingerprint density at radius 1 is 1.33 bits per heavy atom. The molecule has 0 aliphatic rings. The van der Waals surface area contributed by atoms with Gasteiger partial charge in [-0.1, -0.05) is 0 Å². The number of likely N-dealkylation sites (N-methyl/N-ethyl adjacent to an activating group) is 2. The second kappa shape index (κ2) is 8.79. The summed E-state index contributed by atoms with van der Waals surface area (Å²) in [5, 5.41) is 2.96. The van der Waals surface area contributed by atoms with Crippen LogP contribution in [0.2, 0.25) is 0 Å². The molecule has 0 heterocycles. The first kappa shape index (κ1) is 19.6. The summed E-state index contributed by atoms with van der Waals surface area (Å²) >= 11 is 0. The van der Waals surface area contributed by atoms with E-state index in [1.807, 2.05) is 7.05 Å². The molecule has 0 unspecified atom stereocenters. The summed E-state index contributed by atoms with van der Waals surface area (Å²) in [6.45, 7) is 1.69. The van der Waals surface area contributed by atoms with Crippen LogP contribution < -0.4 is 10.1 Å². The smallest absolute Gasteiger partial charge is 0.387 e. The van der Waals surface area contributed by atoms with Crippen LogP contribution in [0, 0.1) is 13.8 Å². The third kappa shape index (κ3) is 5.47. The Bertz CT molecular complexity index is 461. The lowest BCUT2D eigenvalue weighted by molar-refractivity contribution is -0.0507. The van der Waals surface area contributed by atoms with Gasteiger partial charge in [0, 0.05) is 25.7 Å². The minimum atomic E-state index is -2.87. The Hall–Kier alpha value is -1.40. The van der Waals surface area contributed by atoms with Crippen LogP contribution >= 0.6 is 12.4 Å². The molecule has 0 spiro atoms. The summed E-state index contributed by atoms with van der Waals surface area (Å²) < 4.78 is 29.1. The molecule has 1 aromatic carbocycles. The number of nitrogens with one attached hydrogen (secondary N) is 1. The zero-order chi connectivity index (χ0) is 15.3. The highest BCUT2D eigenvalue weighted by atomic mass is 35.5. The predicted octanol–water partition coefficient (Wildman–Crippen LogP) is 2.62. The molecule has 0 radical (unpaired) electrons. The van der Waals surface area contributed by atoms with Gasteiger partial charge in [0.25, 0.3) is 5.91 Å². The number of halogens is 3. The lowest BCUT2D eigenvalue weighted by atomic mass is 10.0. The first-order valence-corrected chi connectivity index (χ1v) is 6.33. The number of rotatable bonds is 6. The van der Waals surface area contributed by atoms with E-state index in [-0.39, 0.29) is 24.1 Å². The van der Waals surface area contributed by atoms with E-state index in [1.54, 1.807) is 37.9 Å². The van der Waals surface area contributed by atoms with Crippen molar-refractivity contribution in [2.45, 2.75) is 20.5 Å². The van der Waals surface area contributed by atoms with Crippen LogP contribution in [0.1, 0.15) is 21.5 Å². The minimum Gasteiger partial charge on any atom is -0.434 e. The van der Waals surface area contributed by atoms with E-state index in [0.717, 1.165) is 0 Å². The average molecular weight is 323 g/mol. The summed E-state index contributed by atoms with van der Waals surface area (Å²) in [6.07, 6.45) is 0. The van der Waals surface area contributed by atoms with Crippen molar-refractivity contribution in [3.8, 4) is 5.75 Å². The Labute approximate surface area is 129 Å². The van der Waals surface area contributed by atoms with Crippen LogP contribution in [0.15, 0.2) is 12.1 Å². The Balaban J connectivity index is 0.00000400. The van der Waals surface area contributed by atoms with Gasteiger partial charge in [-0.05, 0) is 44.2 Å².